The number of carboxylic acids is 1. The highest BCUT2D eigenvalue weighted by Gasteiger charge is 2.11. The molecule has 0 heterocycles. The molecule has 0 saturated heterocycles. The van der Waals surface area contributed by atoms with E-state index in [4.69, 9.17) is 39.9 Å². The Labute approximate surface area is 80.4 Å². The summed E-state index contributed by atoms with van der Waals surface area (Å²) < 4.78 is 0. The van der Waals surface area contributed by atoms with E-state index in [2.05, 4.69) is 0 Å². The Balaban J connectivity index is 3.37. The van der Waals surface area contributed by atoms with Crippen LogP contribution in [0, 0.1) is 0 Å². The predicted molar refractivity (Wildman–Crippen MR) is 46.6 cm³/mol. The highest BCUT2D eigenvalue weighted by Crippen LogP contribution is 2.17. The van der Waals surface area contributed by atoms with E-state index < -0.39 is 10.8 Å². The standard InChI is InChI=1S/C6H9Cl3O2/c7-4(3-5(8)9)1-2-6(10)11/h4-5H,1-3H2,(H,10,11). The number of hydrogen-bond donors (Lipinski definition) is 1. The number of carboxylic acid groups (broad SMARTS) is 1. The summed E-state index contributed by atoms with van der Waals surface area (Å²) in [5, 5.41) is 8.03. The number of carbonyl (C=O) groups is 1. The average molecular weight is 219 g/mol. The number of alkyl halides is 3. The van der Waals surface area contributed by atoms with E-state index in [1.165, 1.54) is 0 Å². The van der Waals surface area contributed by atoms with Gasteiger partial charge in [0.15, 0.2) is 0 Å². The third-order valence-electron chi connectivity index (χ3n) is 1.11. The average Bonchev–Trinajstić information content (AvgIpc) is 1.82. The lowest BCUT2D eigenvalue weighted by atomic mass is 10.2. The molecule has 1 unspecified atom stereocenters. The summed E-state index contributed by atoms with van der Waals surface area (Å²) in [4.78, 5) is 9.56. The van der Waals surface area contributed by atoms with Crippen LogP contribution < -0.4 is 0 Å². The van der Waals surface area contributed by atoms with Gasteiger partial charge in [0.2, 0.25) is 0 Å². The maximum Gasteiger partial charge on any atom is 0.303 e. The molecule has 0 aliphatic heterocycles. The third-order valence-corrected chi connectivity index (χ3v) is 1.86. The van der Waals surface area contributed by atoms with Crippen LogP contribution in [0.4, 0.5) is 0 Å². The molecule has 2 nitrogen and oxygen atoms in total. The van der Waals surface area contributed by atoms with Crippen LogP contribution >= 0.6 is 34.8 Å². The quantitative estimate of drug-likeness (QED) is 0.722. The first-order chi connectivity index (χ1) is 5.02. The van der Waals surface area contributed by atoms with Gasteiger partial charge < -0.3 is 5.11 Å². The van der Waals surface area contributed by atoms with E-state index in [-0.39, 0.29) is 11.8 Å². The van der Waals surface area contributed by atoms with Crippen LogP contribution in [0.15, 0.2) is 0 Å². The van der Waals surface area contributed by atoms with Crippen molar-refractivity contribution >= 4 is 40.8 Å². The van der Waals surface area contributed by atoms with Gasteiger partial charge in [0.1, 0.15) is 4.84 Å². The molecule has 0 amide bonds. The Morgan fingerprint density at radius 2 is 1.91 bits per heavy atom. The Morgan fingerprint density at radius 1 is 1.36 bits per heavy atom. The predicted octanol–water partition coefficient (Wildman–Crippen LogP) is 2.65. The maximum absolute atomic E-state index is 10.1. The van der Waals surface area contributed by atoms with Crippen molar-refractivity contribution in [3.63, 3.8) is 0 Å². The van der Waals surface area contributed by atoms with Crippen LogP contribution in [0.1, 0.15) is 19.3 Å². The molecular weight excluding hydrogens is 210 g/mol. The van der Waals surface area contributed by atoms with Crippen LogP contribution in [-0.2, 0) is 4.79 Å². The maximum atomic E-state index is 10.1. The zero-order valence-electron chi connectivity index (χ0n) is 5.77. The van der Waals surface area contributed by atoms with Gasteiger partial charge in [-0.1, -0.05) is 0 Å². The molecule has 0 aromatic carbocycles. The van der Waals surface area contributed by atoms with Crippen LogP contribution in [0.2, 0.25) is 0 Å². The second kappa shape index (κ2) is 5.92. The van der Waals surface area contributed by atoms with E-state index in [1.807, 2.05) is 0 Å². The molecule has 11 heavy (non-hydrogen) atoms. The van der Waals surface area contributed by atoms with Gasteiger partial charge in [-0.2, -0.15) is 0 Å². The first-order valence-electron chi connectivity index (χ1n) is 3.16. The Morgan fingerprint density at radius 3 is 2.27 bits per heavy atom. The summed E-state index contributed by atoms with van der Waals surface area (Å²) >= 11 is 16.5. The lowest BCUT2D eigenvalue weighted by Gasteiger charge is -2.06. The Bertz CT molecular complexity index is 127. The largest absolute Gasteiger partial charge is 0.481 e. The van der Waals surface area contributed by atoms with Gasteiger partial charge in [-0.15, -0.1) is 34.8 Å². The minimum Gasteiger partial charge on any atom is -0.481 e. The van der Waals surface area contributed by atoms with Crippen molar-refractivity contribution in [3.05, 3.63) is 0 Å². The first kappa shape index (κ1) is 11.3. The molecule has 5 heteroatoms. The zero-order valence-corrected chi connectivity index (χ0v) is 8.03. The van der Waals surface area contributed by atoms with E-state index in [0.717, 1.165) is 0 Å². The van der Waals surface area contributed by atoms with Crippen molar-refractivity contribution in [1.82, 2.24) is 0 Å². The molecule has 0 bridgehead atoms. The first-order valence-corrected chi connectivity index (χ1v) is 4.47. The van der Waals surface area contributed by atoms with Gasteiger partial charge >= 0.3 is 5.97 Å². The van der Waals surface area contributed by atoms with E-state index in [0.29, 0.717) is 12.8 Å². The van der Waals surface area contributed by atoms with Crippen molar-refractivity contribution in [2.45, 2.75) is 29.5 Å². The Hall–Kier alpha value is 0.340. The summed E-state index contributed by atoms with van der Waals surface area (Å²) in [6.07, 6.45) is 0.902. The van der Waals surface area contributed by atoms with Gasteiger partial charge in [-0.25, -0.2) is 0 Å². The fourth-order valence-corrected chi connectivity index (χ4v) is 1.49. The number of rotatable bonds is 5. The molecule has 1 N–H and O–H groups in total. The van der Waals surface area contributed by atoms with Gasteiger partial charge in [0.25, 0.3) is 0 Å². The molecule has 0 aliphatic carbocycles. The monoisotopic (exact) mass is 218 g/mol. The normalized spacial score (nSPS) is 13.5. The van der Waals surface area contributed by atoms with Crippen molar-refractivity contribution in [1.29, 1.82) is 0 Å². The molecule has 0 spiro atoms. The van der Waals surface area contributed by atoms with Crippen LogP contribution in [-0.4, -0.2) is 21.3 Å². The fraction of sp³-hybridized carbons (Fsp3) is 0.833. The van der Waals surface area contributed by atoms with Gasteiger partial charge in [0, 0.05) is 11.8 Å². The molecule has 0 aromatic rings. The Kier molecular flexibility index (Phi) is 6.11. The van der Waals surface area contributed by atoms with Crippen LogP contribution in [0.3, 0.4) is 0 Å². The highest BCUT2D eigenvalue weighted by molar-refractivity contribution is 6.44. The minimum absolute atomic E-state index is 0.0642. The number of hydrogen-bond acceptors (Lipinski definition) is 1. The summed E-state index contributed by atoms with van der Waals surface area (Å²) in [6, 6.07) is 0. The molecule has 0 radical (unpaired) electrons. The molecule has 0 fully saturated rings. The summed E-state index contributed by atoms with van der Waals surface area (Å²) in [5.74, 6) is -0.851. The lowest BCUT2D eigenvalue weighted by molar-refractivity contribution is -0.137. The second-order valence-corrected chi connectivity index (χ2v) is 4.05. The summed E-state index contributed by atoms with van der Waals surface area (Å²) in [7, 11) is 0. The molecule has 1 atom stereocenters. The van der Waals surface area contributed by atoms with Gasteiger partial charge in [-0.05, 0) is 12.8 Å². The van der Waals surface area contributed by atoms with Crippen molar-refractivity contribution in [3.8, 4) is 0 Å². The molecule has 66 valence electrons. The number of halogens is 3. The van der Waals surface area contributed by atoms with E-state index >= 15 is 0 Å². The van der Waals surface area contributed by atoms with Gasteiger partial charge in [0.05, 0.1) is 0 Å². The SMILES string of the molecule is O=C(O)CCC(Cl)CC(Cl)Cl. The number of aliphatic carboxylic acids is 1. The van der Waals surface area contributed by atoms with Gasteiger partial charge in [-0.3, -0.25) is 4.79 Å². The molecule has 0 aliphatic rings. The molecule has 0 aromatic heterocycles. The lowest BCUT2D eigenvalue weighted by Crippen LogP contribution is -2.06. The summed E-state index contributed by atoms with van der Waals surface area (Å²) in [6.45, 7) is 0. The van der Waals surface area contributed by atoms with Crippen molar-refractivity contribution in [2.75, 3.05) is 0 Å². The second-order valence-electron chi connectivity index (χ2n) is 2.16. The topological polar surface area (TPSA) is 37.3 Å². The summed E-state index contributed by atoms with van der Waals surface area (Å²) in [5.41, 5.74) is 0. The van der Waals surface area contributed by atoms with Crippen molar-refractivity contribution < 1.29 is 9.90 Å². The third kappa shape index (κ3) is 8.24. The zero-order chi connectivity index (χ0) is 8.85. The minimum atomic E-state index is -0.851. The smallest absolute Gasteiger partial charge is 0.303 e. The van der Waals surface area contributed by atoms with Crippen LogP contribution in [0.5, 0.6) is 0 Å². The van der Waals surface area contributed by atoms with Crippen molar-refractivity contribution in [2.24, 2.45) is 0 Å². The molecule has 0 saturated carbocycles. The van der Waals surface area contributed by atoms with E-state index in [1.54, 1.807) is 0 Å². The highest BCUT2D eigenvalue weighted by atomic mass is 35.5. The van der Waals surface area contributed by atoms with Crippen LogP contribution in [0.25, 0.3) is 0 Å². The fourth-order valence-electron chi connectivity index (χ4n) is 0.591. The van der Waals surface area contributed by atoms with E-state index in [9.17, 15) is 4.79 Å². The molecule has 0 rings (SSSR count). The molecular formula is C6H9Cl3O2.